The largest absolute Gasteiger partial charge is 0.496 e. The number of hydrogen-bond donors (Lipinski definition) is 0. The lowest BCUT2D eigenvalue weighted by atomic mass is 9.70. The van der Waals surface area contributed by atoms with Gasteiger partial charge in [-0.15, -0.1) is 0 Å². The molecule has 1 saturated heterocycles. The second-order valence-corrected chi connectivity index (χ2v) is 9.84. The van der Waals surface area contributed by atoms with E-state index >= 15 is 0 Å². The van der Waals surface area contributed by atoms with E-state index in [9.17, 15) is 5.26 Å². The van der Waals surface area contributed by atoms with Gasteiger partial charge in [-0.1, -0.05) is 66.7 Å². The van der Waals surface area contributed by atoms with Crippen LogP contribution in [0, 0.1) is 18.3 Å². The SMILES string of the molecule is COc1cc(OC2CN(C(C)(C)CCC(C#N)(c3ccccc3)c3ccccc3)C2)ccc1C. The number of ether oxygens (including phenoxy) is 2. The monoisotopic (exact) mass is 454 g/mol. The summed E-state index contributed by atoms with van der Waals surface area (Å²) in [5.74, 6) is 1.70. The first kappa shape index (κ1) is 23.9. The van der Waals surface area contributed by atoms with Crippen LogP contribution in [0.3, 0.4) is 0 Å². The third-order valence-corrected chi connectivity index (χ3v) is 7.22. The Kier molecular flexibility index (Phi) is 6.95. The summed E-state index contributed by atoms with van der Waals surface area (Å²) >= 11 is 0. The third kappa shape index (κ3) is 4.81. The van der Waals surface area contributed by atoms with E-state index in [1.807, 2.05) is 61.5 Å². The smallest absolute Gasteiger partial charge is 0.125 e. The van der Waals surface area contributed by atoms with E-state index < -0.39 is 5.41 Å². The van der Waals surface area contributed by atoms with Crippen LogP contribution in [0.25, 0.3) is 0 Å². The minimum absolute atomic E-state index is 0.0452. The fourth-order valence-corrected chi connectivity index (χ4v) is 4.81. The molecule has 1 heterocycles. The lowest BCUT2D eigenvalue weighted by molar-refractivity contribution is -0.0465. The highest BCUT2D eigenvalue weighted by atomic mass is 16.5. The summed E-state index contributed by atoms with van der Waals surface area (Å²) in [6.45, 7) is 8.33. The summed E-state index contributed by atoms with van der Waals surface area (Å²) in [6, 6.07) is 29.1. The predicted molar refractivity (Wildman–Crippen MR) is 136 cm³/mol. The molecule has 0 aliphatic carbocycles. The van der Waals surface area contributed by atoms with Crippen LogP contribution >= 0.6 is 0 Å². The van der Waals surface area contributed by atoms with Crippen LogP contribution in [0.15, 0.2) is 78.9 Å². The van der Waals surface area contributed by atoms with Crippen molar-refractivity contribution >= 4 is 0 Å². The van der Waals surface area contributed by atoms with Crippen LogP contribution in [-0.2, 0) is 5.41 Å². The molecule has 176 valence electrons. The molecule has 0 bridgehead atoms. The normalized spacial score (nSPS) is 14.8. The highest BCUT2D eigenvalue weighted by Gasteiger charge is 2.42. The second kappa shape index (κ2) is 9.91. The first-order valence-electron chi connectivity index (χ1n) is 12.0. The molecular weight excluding hydrogens is 420 g/mol. The molecule has 4 nitrogen and oxygen atoms in total. The van der Waals surface area contributed by atoms with E-state index in [2.05, 4.69) is 49.1 Å². The third-order valence-electron chi connectivity index (χ3n) is 7.22. The van der Waals surface area contributed by atoms with Crippen LogP contribution in [0.2, 0.25) is 0 Å². The second-order valence-electron chi connectivity index (χ2n) is 9.84. The molecule has 4 heteroatoms. The van der Waals surface area contributed by atoms with Crippen LogP contribution in [0.1, 0.15) is 43.4 Å². The fourth-order valence-electron chi connectivity index (χ4n) is 4.81. The molecule has 3 aromatic rings. The highest BCUT2D eigenvalue weighted by Crippen LogP contribution is 2.40. The van der Waals surface area contributed by atoms with Gasteiger partial charge in [-0.05, 0) is 56.4 Å². The summed E-state index contributed by atoms with van der Waals surface area (Å²) in [4.78, 5) is 2.46. The van der Waals surface area contributed by atoms with E-state index in [4.69, 9.17) is 9.47 Å². The van der Waals surface area contributed by atoms with Crippen molar-refractivity contribution in [3.63, 3.8) is 0 Å². The molecule has 1 aliphatic rings. The van der Waals surface area contributed by atoms with Crippen molar-refractivity contribution in [2.45, 2.75) is 50.7 Å². The van der Waals surface area contributed by atoms with Crippen LogP contribution in [-0.4, -0.2) is 36.7 Å². The summed E-state index contributed by atoms with van der Waals surface area (Å²) < 4.78 is 11.6. The van der Waals surface area contributed by atoms with Crippen molar-refractivity contribution in [2.24, 2.45) is 0 Å². The number of rotatable bonds is 9. The predicted octanol–water partition coefficient (Wildman–Crippen LogP) is 6.14. The maximum Gasteiger partial charge on any atom is 0.125 e. The van der Waals surface area contributed by atoms with Gasteiger partial charge in [0.25, 0.3) is 0 Å². The van der Waals surface area contributed by atoms with Gasteiger partial charge in [-0.2, -0.15) is 5.26 Å². The summed E-state index contributed by atoms with van der Waals surface area (Å²) in [7, 11) is 1.69. The molecule has 0 saturated carbocycles. The molecule has 0 atom stereocenters. The van der Waals surface area contributed by atoms with Crippen molar-refractivity contribution in [2.75, 3.05) is 20.2 Å². The zero-order valence-electron chi connectivity index (χ0n) is 20.6. The van der Waals surface area contributed by atoms with E-state index in [-0.39, 0.29) is 11.6 Å². The number of benzene rings is 3. The molecule has 0 spiro atoms. The molecule has 34 heavy (non-hydrogen) atoms. The van der Waals surface area contributed by atoms with Gasteiger partial charge in [0.15, 0.2) is 0 Å². The molecule has 0 aromatic heterocycles. The number of aryl methyl sites for hydroxylation is 1. The number of methoxy groups -OCH3 is 1. The van der Waals surface area contributed by atoms with Crippen LogP contribution in [0.5, 0.6) is 11.5 Å². The lowest BCUT2D eigenvalue weighted by Crippen LogP contribution is -2.62. The summed E-state index contributed by atoms with van der Waals surface area (Å²) in [5.41, 5.74) is 2.49. The molecule has 4 rings (SSSR count). The van der Waals surface area contributed by atoms with E-state index in [0.29, 0.717) is 0 Å². The van der Waals surface area contributed by atoms with Crippen molar-refractivity contribution in [3.05, 3.63) is 95.6 Å². The van der Waals surface area contributed by atoms with Gasteiger partial charge in [0.05, 0.1) is 13.2 Å². The zero-order chi connectivity index (χ0) is 24.2. The molecule has 0 unspecified atom stereocenters. The van der Waals surface area contributed by atoms with Gasteiger partial charge in [-0.3, -0.25) is 4.90 Å². The maximum atomic E-state index is 10.5. The molecule has 0 radical (unpaired) electrons. The summed E-state index contributed by atoms with van der Waals surface area (Å²) in [5, 5.41) is 10.5. The number of nitriles is 1. The van der Waals surface area contributed by atoms with Crippen LogP contribution in [0.4, 0.5) is 0 Å². The van der Waals surface area contributed by atoms with Gasteiger partial charge in [0.2, 0.25) is 0 Å². The Morgan fingerprint density at radius 2 is 1.50 bits per heavy atom. The molecule has 1 fully saturated rings. The molecular formula is C30H34N2O2. The number of nitrogens with zero attached hydrogens (tertiary/aromatic N) is 2. The Balaban J connectivity index is 1.44. The molecule has 0 N–H and O–H groups in total. The minimum Gasteiger partial charge on any atom is -0.496 e. The maximum absolute atomic E-state index is 10.5. The average molecular weight is 455 g/mol. The Morgan fingerprint density at radius 3 is 2.03 bits per heavy atom. The summed E-state index contributed by atoms with van der Waals surface area (Å²) in [6.07, 6.45) is 1.81. The van der Waals surface area contributed by atoms with Crippen LogP contribution < -0.4 is 9.47 Å². The van der Waals surface area contributed by atoms with Crippen molar-refractivity contribution in [3.8, 4) is 17.6 Å². The van der Waals surface area contributed by atoms with Crippen molar-refractivity contribution < 1.29 is 9.47 Å². The molecule has 3 aromatic carbocycles. The quantitative estimate of drug-likeness (QED) is 0.390. The topological polar surface area (TPSA) is 45.5 Å². The van der Waals surface area contributed by atoms with Crippen molar-refractivity contribution in [1.29, 1.82) is 5.26 Å². The zero-order valence-corrected chi connectivity index (χ0v) is 20.6. The molecule has 1 aliphatic heterocycles. The average Bonchev–Trinajstić information content (AvgIpc) is 2.84. The van der Waals surface area contributed by atoms with Gasteiger partial charge in [0.1, 0.15) is 23.0 Å². The van der Waals surface area contributed by atoms with Gasteiger partial charge in [-0.25, -0.2) is 0 Å². The van der Waals surface area contributed by atoms with Crippen molar-refractivity contribution in [1.82, 2.24) is 4.90 Å². The van der Waals surface area contributed by atoms with Gasteiger partial charge in [0, 0.05) is 24.7 Å². The van der Waals surface area contributed by atoms with E-state index in [1.54, 1.807) is 7.11 Å². The fraction of sp³-hybridized carbons (Fsp3) is 0.367. The number of likely N-dealkylation sites (tertiary alicyclic amines) is 1. The first-order valence-corrected chi connectivity index (χ1v) is 12.0. The van der Waals surface area contributed by atoms with Gasteiger partial charge < -0.3 is 9.47 Å². The van der Waals surface area contributed by atoms with E-state index in [1.165, 1.54) is 0 Å². The van der Waals surface area contributed by atoms with E-state index in [0.717, 1.165) is 54.1 Å². The highest BCUT2D eigenvalue weighted by molar-refractivity contribution is 5.46. The Labute approximate surface area is 203 Å². The minimum atomic E-state index is -0.668. The standard InChI is InChI=1S/C30H34N2O2/c1-23-15-16-26(19-28(23)33-4)34-27-20-32(21-27)29(2,3)17-18-30(22-31,24-11-7-5-8-12-24)25-13-9-6-10-14-25/h5-16,19,27H,17-18,20-21H2,1-4H3. The lowest BCUT2D eigenvalue weighted by Gasteiger charge is -2.49. The Hall–Kier alpha value is -3.29. The first-order chi connectivity index (χ1) is 16.4. The Morgan fingerprint density at radius 1 is 0.912 bits per heavy atom. The van der Waals surface area contributed by atoms with Gasteiger partial charge >= 0.3 is 0 Å². The number of hydrogen-bond acceptors (Lipinski definition) is 4. The molecule has 0 amide bonds. The Bertz CT molecular complexity index is 1090.